The van der Waals surface area contributed by atoms with Gasteiger partial charge >= 0.3 is 0 Å². The average molecular weight is 285 g/mol. The summed E-state index contributed by atoms with van der Waals surface area (Å²) in [6.07, 6.45) is 5.33. The van der Waals surface area contributed by atoms with Crippen LogP contribution in [0.3, 0.4) is 0 Å². The standard InChI is InChI=1S/C18H23NS/c1-13-7-9-15(10-8-13)12-19-14(2)18-11-16-5-3-4-6-17(16)20-18/h7-11,14,19H,3-6,12H2,1-2H3. The molecule has 1 aliphatic carbocycles. The molecule has 0 radical (unpaired) electrons. The highest BCUT2D eigenvalue weighted by Gasteiger charge is 2.16. The molecule has 0 fully saturated rings. The molecule has 1 nitrogen and oxygen atoms in total. The van der Waals surface area contributed by atoms with Crippen molar-refractivity contribution < 1.29 is 0 Å². The lowest BCUT2D eigenvalue weighted by molar-refractivity contribution is 0.582. The van der Waals surface area contributed by atoms with E-state index in [9.17, 15) is 0 Å². The first kappa shape index (κ1) is 13.8. The third-order valence-electron chi connectivity index (χ3n) is 4.18. The fraction of sp³-hybridized carbons (Fsp3) is 0.444. The molecule has 0 saturated heterocycles. The SMILES string of the molecule is Cc1ccc(CNC(C)c2cc3c(s2)CCCC3)cc1. The van der Waals surface area contributed by atoms with Crippen molar-refractivity contribution in [2.45, 2.75) is 52.1 Å². The molecule has 1 unspecified atom stereocenters. The Balaban J connectivity index is 1.62. The maximum Gasteiger partial charge on any atom is 0.0389 e. The summed E-state index contributed by atoms with van der Waals surface area (Å²) in [4.78, 5) is 3.14. The maximum atomic E-state index is 3.65. The zero-order valence-electron chi connectivity index (χ0n) is 12.4. The fourth-order valence-electron chi connectivity index (χ4n) is 2.80. The first-order valence-electron chi connectivity index (χ1n) is 7.63. The van der Waals surface area contributed by atoms with Gasteiger partial charge in [-0.05, 0) is 56.7 Å². The average Bonchev–Trinajstić information content (AvgIpc) is 2.90. The van der Waals surface area contributed by atoms with E-state index in [1.807, 2.05) is 11.3 Å². The summed E-state index contributed by atoms with van der Waals surface area (Å²) in [5.74, 6) is 0. The van der Waals surface area contributed by atoms with E-state index in [0.29, 0.717) is 6.04 Å². The van der Waals surface area contributed by atoms with Gasteiger partial charge in [-0.25, -0.2) is 0 Å². The van der Waals surface area contributed by atoms with E-state index in [4.69, 9.17) is 0 Å². The second-order valence-corrected chi connectivity index (χ2v) is 7.06. The molecule has 0 amide bonds. The normalized spacial score (nSPS) is 15.9. The number of benzene rings is 1. The molecule has 1 aromatic heterocycles. The molecule has 0 spiro atoms. The van der Waals surface area contributed by atoms with Crippen LogP contribution in [0.1, 0.15) is 52.3 Å². The molecule has 2 heteroatoms. The summed E-state index contributed by atoms with van der Waals surface area (Å²) in [6, 6.07) is 11.7. The number of hydrogen-bond donors (Lipinski definition) is 1. The van der Waals surface area contributed by atoms with Gasteiger partial charge in [-0.2, -0.15) is 0 Å². The van der Waals surface area contributed by atoms with Gasteiger partial charge in [0.1, 0.15) is 0 Å². The van der Waals surface area contributed by atoms with E-state index in [1.165, 1.54) is 41.7 Å². The zero-order chi connectivity index (χ0) is 13.9. The van der Waals surface area contributed by atoms with Crippen molar-refractivity contribution in [2.24, 2.45) is 0 Å². The van der Waals surface area contributed by atoms with Crippen molar-refractivity contribution in [3.05, 3.63) is 56.8 Å². The van der Waals surface area contributed by atoms with Gasteiger partial charge in [0, 0.05) is 22.3 Å². The summed E-state index contributed by atoms with van der Waals surface area (Å²) in [5.41, 5.74) is 4.30. The van der Waals surface area contributed by atoms with Crippen LogP contribution in [0.4, 0.5) is 0 Å². The predicted molar refractivity (Wildman–Crippen MR) is 87.4 cm³/mol. The van der Waals surface area contributed by atoms with Crippen molar-refractivity contribution in [1.82, 2.24) is 5.32 Å². The van der Waals surface area contributed by atoms with Crippen LogP contribution < -0.4 is 5.32 Å². The Bertz CT molecular complexity index is 544. The lowest BCUT2D eigenvalue weighted by Gasteiger charge is -2.12. The van der Waals surface area contributed by atoms with Gasteiger partial charge in [-0.3, -0.25) is 0 Å². The van der Waals surface area contributed by atoms with Gasteiger partial charge in [-0.15, -0.1) is 11.3 Å². The Hall–Kier alpha value is -1.12. The van der Waals surface area contributed by atoms with Crippen molar-refractivity contribution in [3.63, 3.8) is 0 Å². The van der Waals surface area contributed by atoms with Crippen LogP contribution in [0, 0.1) is 6.92 Å². The minimum atomic E-state index is 0.451. The number of thiophene rings is 1. The van der Waals surface area contributed by atoms with E-state index >= 15 is 0 Å². The Labute approximate surface area is 126 Å². The molecular formula is C18H23NS. The monoisotopic (exact) mass is 285 g/mol. The topological polar surface area (TPSA) is 12.0 Å². The molecule has 1 atom stereocenters. The molecule has 20 heavy (non-hydrogen) atoms. The van der Waals surface area contributed by atoms with Crippen LogP contribution in [0.2, 0.25) is 0 Å². The predicted octanol–water partition coefficient (Wildman–Crippen LogP) is 4.79. The van der Waals surface area contributed by atoms with Crippen LogP contribution in [-0.2, 0) is 19.4 Å². The van der Waals surface area contributed by atoms with Crippen LogP contribution in [0.15, 0.2) is 30.3 Å². The third kappa shape index (κ3) is 3.13. The number of hydrogen-bond acceptors (Lipinski definition) is 2. The molecule has 1 N–H and O–H groups in total. The van der Waals surface area contributed by atoms with E-state index in [2.05, 4.69) is 49.5 Å². The van der Waals surface area contributed by atoms with E-state index in [-0.39, 0.29) is 0 Å². The van der Waals surface area contributed by atoms with E-state index in [0.717, 1.165) is 6.54 Å². The van der Waals surface area contributed by atoms with Crippen LogP contribution in [0.5, 0.6) is 0 Å². The Morgan fingerprint density at radius 2 is 1.90 bits per heavy atom. The summed E-state index contributed by atoms with van der Waals surface area (Å²) >= 11 is 2.02. The van der Waals surface area contributed by atoms with Gasteiger partial charge in [0.25, 0.3) is 0 Å². The molecule has 106 valence electrons. The van der Waals surface area contributed by atoms with E-state index in [1.54, 1.807) is 10.4 Å². The summed E-state index contributed by atoms with van der Waals surface area (Å²) in [7, 11) is 0. The van der Waals surface area contributed by atoms with Crippen molar-refractivity contribution >= 4 is 11.3 Å². The number of nitrogens with one attached hydrogen (secondary N) is 1. The van der Waals surface area contributed by atoms with Crippen molar-refractivity contribution in [2.75, 3.05) is 0 Å². The number of fused-ring (bicyclic) bond motifs is 1. The van der Waals surface area contributed by atoms with Gasteiger partial charge in [0.15, 0.2) is 0 Å². The quantitative estimate of drug-likeness (QED) is 0.852. The number of rotatable bonds is 4. The summed E-state index contributed by atoms with van der Waals surface area (Å²) < 4.78 is 0. The van der Waals surface area contributed by atoms with Gasteiger partial charge in [0.05, 0.1) is 0 Å². The van der Waals surface area contributed by atoms with Gasteiger partial charge < -0.3 is 5.32 Å². The van der Waals surface area contributed by atoms with Crippen molar-refractivity contribution in [3.8, 4) is 0 Å². The third-order valence-corrected chi connectivity index (χ3v) is 5.60. The zero-order valence-corrected chi connectivity index (χ0v) is 13.2. The second kappa shape index (κ2) is 6.11. The lowest BCUT2D eigenvalue weighted by Crippen LogP contribution is -2.17. The summed E-state index contributed by atoms with van der Waals surface area (Å²) in [5, 5.41) is 3.65. The molecule has 1 aliphatic rings. The molecule has 1 aromatic carbocycles. The molecule has 1 heterocycles. The molecule has 0 bridgehead atoms. The Morgan fingerprint density at radius 1 is 1.15 bits per heavy atom. The minimum absolute atomic E-state index is 0.451. The lowest BCUT2D eigenvalue weighted by atomic mass is 9.99. The molecule has 0 aliphatic heterocycles. The molecular weight excluding hydrogens is 262 g/mol. The molecule has 3 rings (SSSR count). The van der Waals surface area contributed by atoms with Crippen LogP contribution >= 0.6 is 11.3 Å². The van der Waals surface area contributed by atoms with Crippen LogP contribution in [-0.4, -0.2) is 0 Å². The Kier molecular flexibility index (Phi) is 4.23. The smallest absolute Gasteiger partial charge is 0.0389 e. The molecule has 0 saturated carbocycles. The van der Waals surface area contributed by atoms with Crippen LogP contribution in [0.25, 0.3) is 0 Å². The first-order chi connectivity index (χ1) is 9.72. The highest BCUT2D eigenvalue weighted by atomic mass is 32.1. The summed E-state index contributed by atoms with van der Waals surface area (Å²) in [6.45, 7) is 5.37. The molecule has 2 aromatic rings. The maximum absolute atomic E-state index is 3.65. The second-order valence-electron chi connectivity index (χ2n) is 5.89. The van der Waals surface area contributed by atoms with Gasteiger partial charge in [0.2, 0.25) is 0 Å². The van der Waals surface area contributed by atoms with E-state index < -0.39 is 0 Å². The largest absolute Gasteiger partial charge is 0.305 e. The number of aryl methyl sites for hydroxylation is 3. The van der Waals surface area contributed by atoms with Gasteiger partial charge in [-0.1, -0.05) is 29.8 Å². The first-order valence-corrected chi connectivity index (χ1v) is 8.44. The highest BCUT2D eigenvalue weighted by Crippen LogP contribution is 2.32. The fourth-order valence-corrected chi connectivity index (χ4v) is 4.09. The van der Waals surface area contributed by atoms with Crippen molar-refractivity contribution in [1.29, 1.82) is 0 Å². The highest BCUT2D eigenvalue weighted by molar-refractivity contribution is 7.12. The Morgan fingerprint density at radius 3 is 2.65 bits per heavy atom. The minimum Gasteiger partial charge on any atom is -0.305 e.